The van der Waals surface area contributed by atoms with E-state index in [-0.39, 0.29) is 18.0 Å². The van der Waals surface area contributed by atoms with Gasteiger partial charge in [-0.2, -0.15) is 0 Å². The number of carbonyl (C=O) groups excluding carboxylic acids is 2. The molecule has 1 aliphatic heterocycles. The van der Waals surface area contributed by atoms with Crippen LogP contribution in [0.15, 0.2) is 18.2 Å². The highest BCUT2D eigenvalue weighted by atomic mass is 35.5. The lowest BCUT2D eigenvalue weighted by atomic mass is 10.1. The van der Waals surface area contributed by atoms with Crippen molar-refractivity contribution in [1.82, 2.24) is 10.2 Å². The Morgan fingerprint density at radius 1 is 1.32 bits per heavy atom. The van der Waals surface area contributed by atoms with Crippen molar-refractivity contribution in [2.24, 2.45) is 0 Å². The summed E-state index contributed by atoms with van der Waals surface area (Å²) < 4.78 is 5.45. The first-order chi connectivity index (χ1) is 11.7. The van der Waals surface area contributed by atoms with E-state index in [4.69, 9.17) is 16.3 Å². The fourth-order valence-corrected chi connectivity index (χ4v) is 2.95. The number of nitrogens with zero attached hydrogens (tertiary/aromatic N) is 1. The van der Waals surface area contributed by atoms with Gasteiger partial charge in [-0.05, 0) is 51.8 Å². The maximum atomic E-state index is 12.2. The average Bonchev–Trinajstić information content (AvgIpc) is 2.54. The number of piperidine rings is 1. The molecule has 7 heteroatoms. The molecule has 6 nitrogen and oxygen atoms in total. The summed E-state index contributed by atoms with van der Waals surface area (Å²) in [5.41, 5.74) is 0.726. The minimum absolute atomic E-state index is 0.0972. The predicted molar refractivity (Wildman–Crippen MR) is 99.3 cm³/mol. The molecule has 1 aliphatic rings. The fourth-order valence-electron chi connectivity index (χ4n) is 2.75. The topological polar surface area (TPSA) is 70.7 Å². The predicted octanol–water partition coefficient (Wildman–Crippen LogP) is 3.51. The van der Waals surface area contributed by atoms with E-state index >= 15 is 0 Å². The molecule has 0 aromatic heterocycles. The van der Waals surface area contributed by atoms with Crippen LogP contribution in [-0.4, -0.2) is 48.7 Å². The summed E-state index contributed by atoms with van der Waals surface area (Å²) in [6.07, 6.45) is 1.55. The highest BCUT2D eigenvalue weighted by Crippen LogP contribution is 2.23. The molecule has 0 saturated carbocycles. The molecule has 2 N–H and O–H groups in total. The van der Waals surface area contributed by atoms with Crippen LogP contribution in [-0.2, 0) is 4.74 Å². The van der Waals surface area contributed by atoms with Crippen LogP contribution < -0.4 is 10.6 Å². The Morgan fingerprint density at radius 3 is 2.68 bits per heavy atom. The Labute approximate surface area is 153 Å². The molecule has 2 rings (SSSR count). The SMILES string of the molecule is CNC(=O)c1cc(NC2CCCN(C(=O)OC(C)(C)C)C2)ccc1Cl. The zero-order valence-corrected chi connectivity index (χ0v) is 15.9. The van der Waals surface area contributed by atoms with Crippen molar-refractivity contribution in [3.63, 3.8) is 0 Å². The number of rotatable bonds is 3. The number of likely N-dealkylation sites (tertiary alicyclic amines) is 1. The van der Waals surface area contributed by atoms with Crippen molar-refractivity contribution >= 4 is 29.3 Å². The quantitative estimate of drug-likeness (QED) is 0.857. The van der Waals surface area contributed by atoms with Gasteiger partial charge in [0.05, 0.1) is 10.6 Å². The molecule has 0 aliphatic carbocycles. The summed E-state index contributed by atoms with van der Waals surface area (Å²) in [5.74, 6) is -0.229. The summed E-state index contributed by atoms with van der Waals surface area (Å²) in [6, 6.07) is 5.36. The molecular formula is C18H26ClN3O3. The number of anilines is 1. The van der Waals surface area contributed by atoms with Gasteiger partial charge in [0.1, 0.15) is 5.60 Å². The molecule has 0 spiro atoms. The maximum Gasteiger partial charge on any atom is 0.410 e. The molecule has 1 unspecified atom stereocenters. The molecule has 25 heavy (non-hydrogen) atoms. The maximum absolute atomic E-state index is 12.2. The third-order valence-corrected chi connectivity index (χ3v) is 4.21. The molecule has 1 saturated heterocycles. The standard InChI is InChI=1S/C18H26ClN3O3/c1-18(2,3)25-17(24)22-9-5-6-13(11-22)21-12-7-8-15(19)14(10-12)16(23)20-4/h7-8,10,13,21H,5-6,9,11H2,1-4H3,(H,20,23). The average molecular weight is 368 g/mol. The second-order valence-electron chi connectivity index (χ2n) is 7.18. The number of carbonyl (C=O) groups is 2. The van der Waals surface area contributed by atoms with Gasteiger partial charge in [0, 0.05) is 31.9 Å². The van der Waals surface area contributed by atoms with E-state index in [0.29, 0.717) is 23.7 Å². The number of amides is 2. The monoisotopic (exact) mass is 367 g/mol. The molecule has 1 aromatic rings. The number of halogens is 1. The van der Waals surface area contributed by atoms with E-state index in [2.05, 4.69) is 10.6 Å². The summed E-state index contributed by atoms with van der Waals surface area (Å²) in [4.78, 5) is 25.8. The Hall–Kier alpha value is -1.95. The van der Waals surface area contributed by atoms with Crippen molar-refractivity contribution in [2.75, 3.05) is 25.5 Å². The fraction of sp³-hybridized carbons (Fsp3) is 0.556. The van der Waals surface area contributed by atoms with E-state index in [1.165, 1.54) is 0 Å². The molecular weight excluding hydrogens is 342 g/mol. The molecule has 2 amide bonds. The van der Waals surface area contributed by atoms with E-state index in [9.17, 15) is 9.59 Å². The van der Waals surface area contributed by atoms with Gasteiger partial charge >= 0.3 is 6.09 Å². The smallest absolute Gasteiger partial charge is 0.410 e. The third-order valence-electron chi connectivity index (χ3n) is 3.88. The van der Waals surface area contributed by atoms with Crippen molar-refractivity contribution in [3.05, 3.63) is 28.8 Å². The molecule has 1 fully saturated rings. The van der Waals surface area contributed by atoms with Crippen molar-refractivity contribution in [1.29, 1.82) is 0 Å². The first kappa shape index (κ1) is 19.4. The molecule has 1 aromatic carbocycles. The number of hydrogen-bond donors (Lipinski definition) is 2. The van der Waals surface area contributed by atoms with Crippen LogP contribution in [0.4, 0.5) is 10.5 Å². The van der Waals surface area contributed by atoms with Crippen molar-refractivity contribution < 1.29 is 14.3 Å². The van der Waals surface area contributed by atoms with E-state index in [1.807, 2.05) is 26.8 Å². The lowest BCUT2D eigenvalue weighted by Gasteiger charge is -2.34. The Bertz CT molecular complexity index is 643. The molecule has 1 heterocycles. The lowest BCUT2D eigenvalue weighted by Crippen LogP contribution is -2.47. The van der Waals surface area contributed by atoms with Crippen LogP contribution in [0.1, 0.15) is 44.0 Å². The zero-order valence-electron chi connectivity index (χ0n) is 15.2. The second kappa shape index (κ2) is 7.95. The number of nitrogens with one attached hydrogen (secondary N) is 2. The normalized spacial score (nSPS) is 17.8. The second-order valence-corrected chi connectivity index (χ2v) is 7.59. The first-order valence-corrected chi connectivity index (χ1v) is 8.83. The molecule has 1 atom stereocenters. The molecule has 0 bridgehead atoms. The van der Waals surface area contributed by atoms with Gasteiger partial charge in [-0.15, -0.1) is 0 Å². The van der Waals surface area contributed by atoms with E-state index in [1.54, 1.807) is 24.1 Å². The third kappa shape index (κ3) is 5.53. The van der Waals surface area contributed by atoms with Gasteiger partial charge in [-0.3, -0.25) is 4.79 Å². The Kier molecular flexibility index (Phi) is 6.16. The van der Waals surface area contributed by atoms with Crippen LogP contribution in [0.2, 0.25) is 5.02 Å². The van der Waals surface area contributed by atoms with Crippen molar-refractivity contribution in [2.45, 2.75) is 45.3 Å². The van der Waals surface area contributed by atoms with E-state index < -0.39 is 5.60 Å². The largest absolute Gasteiger partial charge is 0.444 e. The highest BCUT2D eigenvalue weighted by Gasteiger charge is 2.27. The van der Waals surface area contributed by atoms with Crippen molar-refractivity contribution in [3.8, 4) is 0 Å². The lowest BCUT2D eigenvalue weighted by molar-refractivity contribution is 0.0206. The summed E-state index contributed by atoms with van der Waals surface area (Å²) in [5, 5.41) is 6.37. The van der Waals surface area contributed by atoms with Crippen LogP contribution >= 0.6 is 11.6 Å². The molecule has 138 valence electrons. The highest BCUT2D eigenvalue weighted by molar-refractivity contribution is 6.34. The number of benzene rings is 1. The minimum atomic E-state index is -0.504. The van der Waals surface area contributed by atoms with Gasteiger partial charge in [-0.1, -0.05) is 11.6 Å². The summed E-state index contributed by atoms with van der Waals surface area (Å²) >= 11 is 6.08. The number of hydrogen-bond acceptors (Lipinski definition) is 4. The van der Waals surface area contributed by atoms with Crippen LogP contribution in [0.5, 0.6) is 0 Å². The van der Waals surface area contributed by atoms with Crippen LogP contribution in [0.25, 0.3) is 0 Å². The van der Waals surface area contributed by atoms with Gasteiger partial charge in [0.2, 0.25) is 0 Å². The Morgan fingerprint density at radius 2 is 2.04 bits per heavy atom. The van der Waals surface area contributed by atoms with Gasteiger partial charge in [0.25, 0.3) is 5.91 Å². The first-order valence-electron chi connectivity index (χ1n) is 8.45. The zero-order chi connectivity index (χ0) is 18.6. The summed E-state index contributed by atoms with van der Waals surface area (Å²) in [7, 11) is 1.57. The molecule has 0 radical (unpaired) electrons. The van der Waals surface area contributed by atoms with Crippen LogP contribution in [0, 0.1) is 0 Å². The van der Waals surface area contributed by atoms with Gasteiger partial charge in [-0.25, -0.2) is 4.79 Å². The van der Waals surface area contributed by atoms with Crippen LogP contribution in [0.3, 0.4) is 0 Å². The summed E-state index contributed by atoms with van der Waals surface area (Å²) in [6.45, 7) is 6.83. The van der Waals surface area contributed by atoms with Gasteiger partial charge in [0.15, 0.2) is 0 Å². The van der Waals surface area contributed by atoms with E-state index in [0.717, 1.165) is 18.5 Å². The number of ether oxygens (including phenoxy) is 1. The Balaban J connectivity index is 2.03. The van der Waals surface area contributed by atoms with Gasteiger partial charge < -0.3 is 20.3 Å². The minimum Gasteiger partial charge on any atom is -0.444 e.